The van der Waals surface area contributed by atoms with Crippen molar-refractivity contribution in [3.05, 3.63) is 0 Å². The van der Waals surface area contributed by atoms with Crippen LogP contribution in [-0.4, -0.2) is 19.0 Å². The summed E-state index contributed by atoms with van der Waals surface area (Å²) in [6, 6.07) is 0. The Hall–Kier alpha value is 0.270. The zero-order valence-electron chi connectivity index (χ0n) is 9.34. The van der Waals surface area contributed by atoms with Crippen LogP contribution in [0.1, 0.15) is 40.5 Å². The van der Waals surface area contributed by atoms with Gasteiger partial charge in [-0.1, -0.05) is 13.8 Å². The van der Waals surface area contributed by atoms with Crippen LogP contribution >= 0.6 is 0 Å². The molecule has 0 amide bonds. The second-order valence-corrected chi connectivity index (χ2v) is 4.38. The van der Waals surface area contributed by atoms with Crippen molar-refractivity contribution in [3.8, 4) is 0 Å². The molecule has 0 aromatic rings. The first-order valence-electron chi connectivity index (χ1n) is 5.25. The zero-order valence-corrected chi connectivity index (χ0v) is 10.2. The Morgan fingerprint density at radius 2 is 1.38 bits per heavy atom. The maximum atomic E-state index is 5.52. The highest BCUT2D eigenvalue weighted by Crippen LogP contribution is 2.14. The Bertz CT molecular complexity index is 99.1. The van der Waals surface area contributed by atoms with Gasteiger partial charge in [0.1, 0.15) is 13.2 Å². The average Bonchev–Trinajstić information content (AvgIpc) is 2.14. The second kappa shape index (κ2) is 8.85. The van der Waals surface area contributed by atoms with E-state index in [-0.39, 0.29) is 11.5 Å². The first kappa shape index (κ1) is 13.3. The lowest BCUT2D eigenvalue weighted by Gasteiger charge is -2.09. The Morgan fingerprint density at radius 1 is 0.923 bits per heavy atom. The normalized spacial score (nSPS) is 11.5. The third kappa shape index (κ3) is 6.36. The van der Waals surface area contributed by atoms with Crippen LogP contribution in [0.4, 0.5) is 0 Å². The molecule has 0 aliphatic carbocycles. The van der Waals surface area contributed by atoms with Crippen molar-refractivity contribution in [3.63, 3.8) is 0 Å². The van der Waals surface area contributed by atoms with Crippen molar-refractivity contribution < 1.29 is 8.37 Å². The number of rotatable bonds is 8. The van der Waals surface area contributed by atoms with Gasteiger partial charge < -0.3 is 0 Å². The van der Waals surface area contributed by atoms with E-state index in [2.05, 4.69) is 13.8 Å². The fraction of sp³-hybridized carbons (Fsp3) is 1.00. The summed E-state index contributed by atoms with van der Waals surface area (Å²) in [6.07, 6.45) is 2.44. The van der Waals surface area contributed by atoms with Gasteiger partial charge in [-0.2, -0.15) is 0 Å². The molecule has 0 rings (SSSR count). The zero-order chi connectivity index (χ0) is 10.1. The summed E-state index contributed by atoms with van der Waals surface area (Å²) in [5.74, 6) is 1.82. The predicted octanol–water partition coefficient (Wildman–Crippen LogP) is 2.94. The average molecular weight is 207 g/mol. The maximum absolute atomic E-state index is 5.52. The molecule has 0 heterocycles. The molecular formula is C10H23O2S+. The Balaban J connectivity index is 3.76. The molecule has 0 N–H and O–H groups in total. The molecule has 0 aliphatic rings. The van der Waals surface area contributed by atoms with Crippen LogP contribution in [0.25, 0.3) is 0 Å². The Labute approximate surface area is 85.8 Å². The molecular weight excluding hydrogens is 184 g/mol. The summed E-state index contributed by atoms with van der Waals surface area (Å²) in [4.78, 5) is 0. The molecule has 0 radical (unpaired) electrons. The largest absolute Gasteiger partial charge is 0.315 e. The van der Waals surface area contributed by atoms with Gasteiger partial charge in [0.05, 0.1) is 0 Å². The van der Waals surface area contributed by atoms with E-state index in [0.29, 0.717) is 0 Å². The molecule has 0 spiro atoms. The molecule has 2 nitrogen and oxygen atoms in total. The summed E-state index contributed by atoms with van der Waals surface area (Å²) in [7, 11) is 0. The molecule has 0 saturated heterocycles. The first-order chi connectivity index (χ1) is 6.28. The number of hydrogen-bond acceptors (Lipinski definition) is 2. The molecule has 3 heteroatoms. The van der Waals surface area contributed by atoms with Crippen molar-refractivity contribution >= 4 is 11.5 Å². The molecule has 0 aromatic carbocycles. The van der Waals surface area contributed by atoms with Gasteiger partial charge in [-0.3, -0.25) is 0 Å². The Kier molecular flexibility index (Phi) is 9.03. The molecule has 0 fully saturated rings. The first-order valence-corrected chi connectivity index (χ1v) is 6.50. The van der Waals surface area contributed by atoms with Crippen LogP contribution in [0.15, 0.2) is 0 Å². The van der Waals surface area contributed by atoms with E-state index >= 15 is 0 Å². The van der Waals surface area contributed by atoms with E-state index in [9.17, 15) is 0 Å². The third-order valence-electron chi connectivity index (χ3n) is 2.03. The van der Waals surface area contributed by atoms with E-state index < -0.39 is 0 Å². The van der Waals surface area contributed by atoms with Crippen molar-refractivity contribution in [2.45, 2.75) is 40.5 Å². The summed E-state index contributed by atoms with van der Waals surface area (Å²) >= 11 is -0.254. The summed E-state index contributed by atoms with van der Waals surface area (Å²) < 4.78 is 11.0. The highest BCUT2D eigenvalue weighted by Gasteiger charge is 2.25. The summed E-state index contributed by atoms with van der Waals surface area (Å²) in [5, 5.41) is 0. The van der Waals surface area contributed by atoms with E-state index in [0.717, 1.165) is 24.9 Å². The van der Waals surface area contributed by atoms with Crippen molar-refractivity contribution in [1.29, 1.82) is 0 Å². The lowest BCUT2D eigenvalue weighted by molar-refractivity contribution is 0.280. The molecule has 0 aromatic heterocycles. The SMILES string of the molecule is CCO[S+](CC(CC)CC)OCC. The predicted molar refractivity (Wildman–Crippen MR) is 59.6 cm³/mol. The van der Waals surface area contributed by atoms with Gasteiger partial charge in [-0.05, 0) is 26.7 Å². The molecule has 80 valence electrons. The van der Waals surface area contributed by atoms with Gasteiger partial charge in [-0.15, -0.1) is 8.37 Å². The van der Waals surface area contributed by atoms with E-state index in [4.69, 9.17) is 8.37 Å². The van der Waals surface area contributed by atoms with Crippen molar-refractivity contribution in [2.24, 2.45) is 5.92 Å². The quantitative estimate of drug-likeness (QED) is 0.570. The number of hydrogen-bond donors (Lipinski definition) is 0. The molecule has 13 heavy (non-hydrogen) atoms. The molecule has 0 aliphatic heterocycles. The minimum atomic E-state index is -0.254. The standard InChI is InChI=1S/C10H23O2S/c1-5-10(6-2)9-13(11-7-3)12-8-4/h10H,5-9H2,1-4H3/q+1. The summed E-state index contributed by atoms with van der Waals surface area (Å²) in [6.45, 7) is 10.0. The lowest BCUT2D eigenvalue weighted by Crippen LogP contribution is -2.20. The molecule has 0 atom stereocenters. The van der Waals surface area contributed by atoms with E-state index in [1.54, 1.807) is 0 Å². The highest BCUT2D eigenvalue weighted by atomic mass is 32.2. The van der Waals surface area contributed by atoms with Gasteiger partial charge in [0.25, 0.3) is 0 Å². The van der Waals surface area contributed by atoms with Crippen molar-refractivity contribution in [1.82, 2.24) is 0 Å². The highest BCUT2D eigenvalue weighted by molar-refractivity contribution is 7.87. The van der Waals surface area contributed by atoms with E-state index in [1.807, 2.05) is 13.8 Å². The van der Waals surface area contributed by atoms with Gasteiger partial charge in [0.2, 0.25) is 0 Å². The van der Waals surface area contributed by atoms with Crippen LogP contribution in [0.5, 0.6) is 0 Å². The van der Waals surface area contributed by atoms with Gasteiger partial charge in [-0.25, -0.2) is 0 Å². The smallest absolute Gasteiger partial charge is 0.141 e. The minimum Gasteiger partial charge on any atom is -0.141 e. The van der Waals surface area contributed by atoms with Crippen LogP contribution in [-0.2, 0) is 19.8 Å². The fourth-order valence-electron chi connectivity index (χ4n) is 1.11. The third-order valence-corrected chi connectivity index (χ3v) is 3.77. The topological polar surface area (TPSA) is 18.5 Å². The maximum Gasteiger partial charge on any atom is 0.315 e. The molecule has 0 saturated carbocycles. The second-order valence-electron chi connectivity index (χ2n) is 2.97. The van der Waals surface area contributed by atoms with E-state index in [1.165, 1.54) is 12.8 Å². The minimum absolute atomic E-state index is 0.254. The summed E-state index contributed by atoms with van der Waals surface area (Å²) in [5.41, 5.74) is 0. The van der Waals surface area contributed by atoms with Crippen molar-refractivity contribution in [2.75, 3.05) is 19.0 Å². The fourth-order valence-corrected chi connectivity index (χ4v) is 2.75. The van der Waals surface area contributed by atoms with Crippen LogP contribution < -0.4 is 0 Å². The molecule has 0 unspecified atom stereocenters. The monoisotopic (exact) mass is 207 g/mol. The van der Waals surface area contributed by atoms with Gasteiger partial charge >= 0.3 is 11.5 Å². The molecule has 0 bridgehead atoms. The Morgan fingerprint density at radius 3 is 1.69 bits per heavy atom. The van der Waals surface area contributed by atoms with Crippen LogP contribution in [0.3, 0.4) is 0 Å². The van der Waals surface area contributed by atoms with Crippen LogP contribution in [0, 0.1) is 5.92 Å². The van der Waals surface area contributed by atoms with Gasteiger partial charge in [0.15, 0.2) is 5.75 Å². The lowest BCUT2D eigenvalue weighted by atomic mass is 10.1. The van der Waals surface area contributed by atoms with Crippen LogP contribution in [0.2, 0.25) is 0 Å². The van der Waals surface area contributed by atoms with Gasteiger partial charge in [0, 0.05) is 5.92 Å².